The van der Waals surface area contributed by atoms with Crippen molar-refractivity contribution in [3.05, 3.63) is 24.3 Å². The summed E-state index contributed by atoms with van der Waals surface area (Å²) in [7, 11) is 1.50. The molecule has 1 aliphatic carbocycles. The molecule has 0 aromatic rings. The maximum Gasteiger partial charge on any atom is 0.0789 e. The number of hydrogen-bond donors (Lipinski definition) is 3. The summed E-state index contributed by atoms with van der Waals surface area (Å²) in [6.45, 7) is 0. The highest BCUT2D eigenvalue weighted by molar-refractivity contribution is 6.48. The van der Waals surface area contributed by atoms with Crippen molar-refractivity contribution in [2.75, 3.05) is 7.05 Å². The van der Waals surface area contributed by atoms with E-state index >= 15 is 0 Å². The molecule has 0 radical (unpaired) electrons. The number of allylic oxidation sites excluding steroid dienone is 4. The van der Waals surface area contributed by atoms with Crippen LogP contribution >= 0.6 is 0 Å². The Morgan fingerprint density at radius 2 is 1.30 bits per heavy atom. The third-order valence-corrected chi connectivity index (χ3v) is 0.927. The van der Waals surface area contributed by atoms with Crippen LogP contribution in [-0.4, -0.2) is 18.5 Å². The van der Waals surface area contributed by atoms with Gasteiger partial charge in [0.2, 0.25) is 0 Å². The molecular formula is C7H11N3. The number of nitrogens with one attached hydrogen (secondary N) is 2. The molecule has 3 heteroatoms. The summed E-state index contributed by atoms with van der Waals surface area (Å²) >= 11 is 0. The average molecular weight is 137 g/mol. The minimum Gasteiger partial charge on any atom is -0.333 e. The van der Waals surface area contributed by atoms with Gasteiger partial charge in [-0.2, -0.15) is 0 Å². The van der Waals surface area contributed by atoms with Crippen molar-refractivity contribution in [2.24, 2.45) is 5.73 Å². The van der Waals surface area contributed by atoms with Gasteiger partial charge in [0.1, 0.15) is 0 Å². The third kappa shape index (κ3) is 2.37. The molecule has 0 fully saturated rings. The Hall–Kier alpha value is -1.22. The normalized spacial score (nSPS) is 14.6. The lowest BCUT2D eigenvalue weighted by atomic mass is 10.1. The second-order valence-electron chi connectivity index (χ2n) is 1.55. The van der Waals surface area contributed by atoms with Crippen molar-refractivity contribution in [2.45, 2.75) is 0 Å². The number of hydrogen-bond acceptors (Lipinski definition) is 3. The first-order valence-corrected chi connectivity index (χ1v) is 2.90. The monoisotopic (exact) mass is 137 g/mol. The van der Waals surface area contributed by atoms with Crippen molar-refractivity contribution < 1.29 is 0 Å². The van der Waals surface area contributed by atoms with Gasteiger partial charge in [0, 0.05) is 0 Å². The molecule has 4 N–H and O–H groups in total. The van der Waals surface area contributed by atoms with Gasteiger partial charge in [-0.25, -0.2) is 0 Å². The highest BCUT2D eigenvalue weighted by Crippen LogP contribution is 1.91. The minimum atomic E-state index is 0.285. The first-order chi connectivity index (χ1) is 4.80. The molecule has 0 aromatic carbocycles. The van der Waals surface area contributed by atoms with Crippen LogP contribution in [0.4, 0.5) is 0 Å². The Kier molecular flexibility index (Phi) is 4.07. The fourth-order valence-electron chi connectivity index (χ4n) is 0.483. The summed E-state index contributed by atoms with van der Waals surface area (Å²) in [5.41, 5.74) is 5.07. The quantitative estimate of drug-likeness (QED) is 0.423. The predicted octanol–water partition coefficient (Wildman–Crippen LogP) is 0.727. The zero-order valence-electron chi connectivity index (χ0n) is 5.89. The van der Waals surface area contributed by atoms with Crippen LogP contribution in [0.3, 0.4) is 0 Å². The van der Waals surface area contributed by atoms with Crippen LogP contribution in [0, 0.1) is 10.8 Å². The van der Waals surface area contributed by atoms with Crippen LogP contribution in [0.15, 0.2) is 24.3 Å². The van der Waals surface area contributed by atoms with Gasteiger partial charge in [0.15, 0.2) is 0 Å². The Morgan fingerprint density at radius 1 is 1.00 bits per heavy atom. The van der Waals surface area contributed by atoms with Gasteiger partial charge in [-0.05, 0) is 19.2 Å². The predicted molar refractivity (Wildman–Crippen MR) is 43.8 cm³/mol. The van der Waals surface area contributed by atoms with E-state index in [1.54, 1.807) is 24.3 Å². The average Bonchev–Trinajstić information content (AvgIpc) is 2.00. The molecule has 0 aliphatic heterocycles. The third-order valence-electron chi connectivity index (χ3n) is 0.927. The Labute approximate surface area is 60.3 Å². The summed E-state index contributed by atoms with van der Waals surface area (Å²) in [5, 5.41) is 14.1. The minimum absolute atomic E-state index is 0.285. The molecule has 54 valence electrons. The van der Waals surface area contributed by atoms with E-state index < -0.39 is 0 Å². The molecule has 1 rings (SSSR count). The van der Waals surface area contributed by atoms with Gasteiger partial charge in [0.25, 0.3) is 0 Å². The lowest BCUT2D eigenvalue weighted by Crippen LogP contribution is -2.06. The van der Waals surface area contributed by atoms with E-state index in [2.05, 4.69) is 5.73 Å². The lowest BCUT2D eigenvalue weighted by Gasteiger charge is -1.96. The van der Waals surface area contributed by atoms with Gasteiger partial charge in [0.05, 0.1) is 11.4 Å². The van der Waals surface area contributed by atoms with Crippen molar-refractivity contribution in [3.8, 4) is 0 Å². The van der Waals surface area contributed by atoms with Crippen molar-refractivity contribution in [3.63, 3.8) is 0 Å². The largest absolute Gasteiger partial charge is 0.333 e. The Balaban J connectivity index is 0.000000371. The first kappa shape index (κ1) is 8.78. The fourth-order valence-corrected chi connectivity index (χ4v) is 0.483. The highest BCUT2D eigenvalue weighted by Gasteiger charge is 1.97. The van der Waals surface area contributed by atoms with E-state index in [9.17, 15) is 0 Å². The van der Waals surface area contributed by atoms with E-state index in [0.717, 1.165) is 0 Å². The lowest BCUT2D eigenvalue weighted by molar-refractivity contribution is 1.48. The molecule has 3 nitrogen and oxygen atoms in total. The molecule has 0 atom stereocenters. The zero-order valence-corrected chi connectivity index (χ0v) is 5.89. The molecule has 0 heterocycles. The SMILES string of the molecule is CN.N=C1C=CC=CC1=N. The van der Waals surface area contributed by atoms with Crippen LogP contribution in [0.25, 0.3) is 0 Å². The molecule has 0 unspecified atom stereocenters. The van der Waals surface area contributed by atoms with Gasteiger partial charge < -0.3 is 5.73 Å². The second-order valence-corrected chi connectivity index (χ2v) is 1.55. The maximum atomic E-state index is 7.03. The van der Waals surface area contributed by atoms with Gasteiger partial charge >= 0.3 is 0 Å². The van der Waals surface area contributed by atoms with E-state index in [4.69, 9.17) is 10.8 Å². The van der Waals surface area contributed by atoms with Gasteiger partial charge in [-0.15, -0.1) is 0 Å². The van der Waals surface area contributed by atoms with Crippen LogP contribution in [0.1, 0.15) is 0 Å². The topological polar surface area (TPSA) is 73.7 Å². The number of rotatable bonds is 0. The van der Waals surface area contributed by atoms with E-state index in [1.807, 2.05) is 0 Å². The van der Waals surface area contributed by atoms with Crippen molar-refractivity contribution in [1.29, 1.82) is 10.8 Å². The van der Waals surface area contributed by atoms with Crippen LogP contribution in [-0.2, 0) is 0 Å². The first-order valence-electron chi connectivity index (χ1n) is 2.90. The molecular weight excluding hydrogens is 126 g/mol. The van der Waals surface area contributed by atoms with Gasteiger partial charge in [-0.1, -0.05) is 12.2 Å². The van der Waals surface area contributed by atoms with E-state index in [1.165, 1.54) is 7.05 Å². The second kappa shape index (κ2) is 4.64. The molecule has 10 heavy (non-hydrogen) atoms. The van der Waals surface area contributed by atoms with Crippen LogP contribution in [0.2, 0.25) is 0 Å². The summed E-state index contributed by atoms with van der Waals surface area (Å²) in [6, 6.07) is 0. The van der Waals surface area contributed by atoms with E-state index in [-0.39, 0.29) is 11.4 Å². The molecule has 0 saturated carbocycles. The Bertz CT molecular complexity index is 167. The number of nitrogens with two attached hydrogens (primary N) is 1. The molecule has 0 spiro atoms. The molecule has 0 amide bonds. The summed E-state index contributed by atoms with van der Waals surface area (Å²) in [6.07, 6.45) is 6.70. The molecule has 0 aromatic heterocycles. The highest BCUT2D eigenvalue weighted by atomic mass is 14.5. The molecule has 0 bridgehead atoms. The maximum absolute atomic E-state index is 7.03. The smallest absolute Gasteiger partial charge is 0.0789 e. The molecule has 1 aliphatic rings. The molecule has 0 saturated heterocycles. The summed E-state index contributed by atoms with van der Waals surface area (Å²) in [5.74, 6) is 0. The van der Waals surface area contributed by atoms with Crippen molar-refractivity contribution in [1.82, 2.24) is 0 Å². The standard InChI is InChI=1S/C6H6N2.CH5N/c7-5-3-1-2-4-6(5)8;1-2/h1-4,7-8H;2H2,1H3. The van der Waals surface area contributed by atoms with Crippen LogP contribution < -0.4 is 5.73 Å². The van der Waals surface area contributed by atoms with Crippen molar-refractivity contribution >= 4 is 11.4 Å². The zero-order chi connectivity index (χ0) is 7.98. The Morgan fingerprint density at radius 3 is 1.50 bits per heavy atom. The fraction of sp³-hybridized carbons (Fsp3) is 0.143. The van der Waals surface area contributed by atoms with E-state index in [0.29, 0.717) is 0 Å². The van der Waals surface area contributed by atoms with Gasteiger partial charge in [-0.3, -0.25) is 10.8 Å². The summed E-state index contributed by atoms with van der Waals surface area (Å²) in [4.78, 5) is 0. The summed E-state index contributed by atoms with van der Waals surface area (Å²) < 4.78 is 0. The van der Waals surface area contributed by atoms with Crippen LogP contribution in [0.5, 0.6) is 0 Å².